The Balaban J connectivity index is 1.67. The quantitative estimate of drug-likeness (QED) is 0.239. The number of nitrogens with zero attached hydrogens (tertiary/aromatic N) is 2. The van der Waals surface area contributed by atoms with Crippen molar-refractivity contribution in [2.75, 3.05) is 4.90 Å². The van der Waals surface area contributed by atoms with Gasteiger partial charge in [0.25, 0.3) is 0 Å². The van der Waals surface area contributed by atoms with Gasteiger partial charge in [0.05, 0.1) is 27.4 Å². The van der Waals surface area contributed by atoms with Gasteiger partial charge in [-0.15, -0.1) is 0 Å². The highest BCUT2D eigenvalue weighted by molar-refractivity contribution is 9.10. The van der Waals surface area contributed by atoms with E-state index in [0.717, 1.165) is 45.7 Å². The second-order valence-electron chi connectivity index (χ2n) is 10.9. The molecule has 36 heavy (non-hydrogen) atoms. The number of nitrogens with one attached hydrogen (secondary N) is 1. The van der Waals surface area contributed by atoms with Gasteiger partial charge in [-0.25, -0.2) is 4.98 Å². The summed E-state index contributed by atoms with van der Waals surface area (Å²) in [5, 5.41) is 3.25. The topological polar surface area (TPSA) is 31.9 Å². The molecule has 0 amide bonds. The third-order valence-corrected chi connectivity index (χ3v) is 8.56. The van der Waals surface area contributed by atoms with Crippen molar-refractivity contribution < 1.29 is 0 Å². The predicted octanol–water partition coefficient (Wildman–Crippen LogP) is 9.61. The summed E-state index contributed by atoms with van der Waals surface area (Å²) in [5.41, 5.74) is 10.4. The van der Waals surface area contributed by atoms with Gasteiger partial charge in [0, 0.05) is 9.86 Å². The fraction of sp³-hybridized carbons (Fsp3) is 0.258. The molecule has 0 saturated heterocycles. The Morgan fingerprint density at radius 3 is 2.28 bits per heavy atom. The molecule has 0 aliphatic heterocycles. The third-order valence-electron chi connectivity index (χ3n) is 7.60. The van der Waals surface area contributed by atoms with E-state index in [0.29, 0.717) is 5.02 Å². The number of aryl methyl sites for hydroxylation is 4. The summed E-state index contributed by atoms with van der Waals surface area (Å²) in [6, 6.07) is 19.6. The molecule has 0 bridgehead atoms. The first-order valence-electron chi connectivity index (χ1n) is 12.4. The van der Waals surface area contributed by atoms with E-state index in [1.807, 2.05) is 0 Å². The average Bonchev–Trinajstić information content (AvgIpc) is 3.45. The number of aromatic amines is 1. The van der Waals surface area contributed by atoms with Gasteiger partial charge >= 0.3 is 0 Å². The van der Waals surface area contributed by atoms with Crippen LogP contribution < -0.4 is 4.90 Å². The molecule has 0 radical (unpaired) electrons. The van der Waals surface area contributed by atoms with Gasteiger partial charge in [-0.3, -0.25) is 4.90 Å². The van der Waals surface area contributed by atoms with Crippen LogP contribution in [0.4, 0.5) is 17.3 Å². The number of aromatic nitrogens is 2. The van der Waals surface area contributed by atoms with E-state index in [1.165, 1.54) is 38.6 Å². The third kappa shape index (κ3) is 3.65. The molecular weight excluding hydrogens is 530 g/mol. The van der Waals surface area contributed by atoms with Crippen LogP contribution in [-0.2, 0) is 18.3 Å². The van der Waals surface area contributed by atoms with Crippen LogP contribution in [0.15, 0.2) is 59.1 Å². The van der Waals surface area contributed by atoms with Gasteiger partial charge in [-0.1, -0.05) is 72.6 Å². The summed E-state index contributed by atoms with van der Waals surface area (Å²) in [7, 11) is 0. The Morgan fingerprint density at radius 2 is 1.58 bits per heavy atom. The minimum atomic E-state index is 0.00598. The van der Waals surface area contributed by atoms with Crippen molar-refractivity contribution in [1.29, 1.82) is 0 Å². The molecule has 5 aromatic rings. The smallest absolute Gasteiger partial charge is 0.213 e. The zero-order valence-corrected chi connectivity index (χ0v) is 23.6. The Hall–Kier alpha value is -2.82. The zero-order valence-electron chi connectivity index (χ0n) is 21.3. The molecule has 0 unspecified atom stereocenters. The summed E-state index contributed by atoms with van der Waals surface area (Å²) < 4.78 is 1.08. The first-order chi connectivity index (χ1) is 17.1. The number of fused-ring (bicyclic) bond motifs is 1. The monoisotopic (exact) mass is 557 g/mol. The highest BCUT2D eigenvalue weighted by atomic mass is 79.9. The number of hydrogen-bond acceptors (Lipinski definition) is 2. The van der Waals surface area contributed by atoms with Crippen LogP contribution in [0.1, 0.15) is 48.6 Å². The molecular formula is C31H29BrClN3. The molecule has 0 atom stereocenters. The van der Waals surface area contributed by atoms with Crippen molar-refractivity contribution in [3.8, 4) is 0 Å². The summed E-state index contributed by atoms with van der Waals surface area (Å²) in [6.07, 6.45) is 2.15. The molecule has 3 nitrogen and oxygen atoms in total. The largest absolute Gasteiger partial charge is 0.323 e. The van der Waals surface area contributed by atoms with Crippen LogP contribution in [0.2, 0.25) is 5.02 Å². The molecule has 1 aliphatic carbocycles. The first-order valence-corrected chi connectivity index (χ1v) is 13.6. The summed E-state index contributed by atoms with van der Waals surface area (Å²) in [5.74, 6) is 0.759. The van der Waals surface area contributed by atoms with E-state index in [4.69, 9.17) is 16.6 Å². The first kappa shape index (κ1) is 23.6. The Morgan fingerprint density at radius 1 is 0.889 bits per heavy atom. The van der Waals surface area contributed by atoms with Gasteiger partial charge in [0.2, 0.25) is 5.95 Å². The fourth-order valence-electron chi connectivity index (χ4n) is 5.38. The maximum absolute atomic E-state index is 7.06. The molecule has 5 heteroatoms. The van der Waals surface area contributed by atoms with E-state index in [1.54, 1.807) is 0 Å². The number of H-pyrrole nitrogens is 1. The molecule has 1 heterocycles. The van der Waals surface area contributed by atoms with Gasteiger partial charge in [0.15, 0.2) is 0 Å². The Labute approximate surface area is 225 Å². The van der Waals surface area contributed by atoms with Crippen molar-refractivity contribution >= 4 is 66.7 Å². The maximum atomic E-state index is 7.06. The molecule has 4 aromatic carbocycles. The van der Waals surface area contributed by atoms with E-state index in [9.17, 15) is 0 Å². The lowest BCUT2D eigenvalue weighted by Crippen LogP contribution is -2.15. The molecule has 0 saturated carbocycles. The van der Waals surface area contributed by atoms with E-state index in [2.05, 4.69) is 115 Å². The fourth-order valence-corrected chi connectivity index (χ4v) is 6.17. The minimum absolute atomic E-state index is 0.00598. The average molecular weight is 559 g/mol. The van der Waals surface area contributed by atoms with E-state index < -0.39 is 0 Å². The Bertz CT molecular complexity index is 1670. The second-order valence-corrected chi connectivity index (χ2v) is 12.2. The summed E-state index contributed by atoms with van der Waals surface area (Å²) in [6.45, 7) is 10.9. The lowest BCUT2D eigenvalue weighted by atomic mass is 9.87. The summed E-state index contributed by atoms with van der Waals surface area (Å²) >= 11 is 10.9. The van der Waals surface area contributed by atoms with Gasteiger partial charge < -0.3 is 4.98 Å². The molecule has 0 spiro atoms. The van der Waals surface area contributed by atoms with Crippen molar-refractivity contribution in [2.24, 2.45) is 0 Å². The van der Waals surface area contributed by atoms with Crippen molar-refractivity contribution in [2.45, 2.75) is 52.9 Å². The van der Waals surface area contributed by atoms with E-state index in [-0.39, 0.29) is 5.41 Å². The molecule has 1 aliphatic rings. The van der Waals surface area contributed by atoms with Crippen LogP contribution in [-0.4, -0.2) is 9.97 Å². The summed E-state index contributed by atoms with van der Waals surface area (Å²) in [4.78, 5) is 10.9. The molecule has 1 aromatic heterocycles. The van der Waals surface area contributed by atoms with E-state index >= 15 is 0 Å². The SMILES string of the molecule is Cc1ccc2[nH]c(N(c3ccc(C(C)(C)C)cc3Cl)c3ccc4c5c(ccc(Br)c35)CC4)nc2c1C. The highest BCUT2D eigenvalue weighted by Gasteiger charge is 2.26. The van der Waals surface area contributed by atoms with Crippen LogP contribution in [0, 0.1) is 13.8 Å². The minimum Gasteiger partial charge on any atom is -0.323 e. The van der Waals surface area contributed by atoms with Gasteiger partial charge in [-0.05, 0) is 95.6 Å². The normalized spacial score (nSPS) is 13.2. The molecule has 182 valence electrons. The lowest BCUT2D eigenvalue weighted by Gasteiger charge is -2.27. The number of halogens is 2. The molecule has 0 fully saturated rings. The predicted molar refractivity (Wildman–Crippen MR) is 157 cm³/mol. The molecule has 1 N–H and O–H groups in total. The van der Waals surface area contributed by atoms with Crippen LogP contribution >= 0.6 is 27.5 Å². The number of anilines is 3. The highest BCUT2D eigenvalue weighted by Crippen LogP contribution is 2.47. The van der Waals surface area contributed by atoms with Gasteiger partial charge in [0.1, 0.15) is 0 Å². The standard InChI is InChI=1S/C31H29BrClN3/c1-17-6-13-24-29(18(17)2)35-30(34-24)36(25-15-11-21(16-23(25)33)31(3,4)5)26-14-10-20-8-7-19-9-12-22(32)28(26)27(19)20/h6,9-16H,7-8H2,1-5H3,(H,34,35). The number of imidazole rings is 1. The van der Waals surface area contributed by atoms with Crippen molar-refractivity contribution in [3.05, 3.63) is 91.9 Å². The molecule has 6 rings (SSSR count). The Kier molecular flexibility index (Phi) is 5.47. The van der Waals surface area contributed by atoms with Gasteiger partial charge in [-0.2, -0.15) is 0 Å². The number of rotatable bonds is 3. The van der Waals surface area contributed by atoms with Crippen LogP contribution in [0.5, 0.6) is 0 Å². The zero-order chi connectivity index (χ0) is 25.4. The number of hydrogen-bond donors (Lipinski definition) is 1. The number of benzene rings is 4. The van der Waals surface area contributed by atoms with Crippen molar-refractivity contribution in [1.82, 2.24) is 9.97 Å². The van der Waals surface area contributed by atoms with Crippen LogP contribution in [0.25, 0.3) is 21.8 Å². The second kappa shape index (κ2) is 8.36. The lowest BCUT2D eigenvalue weighted by molar-refractivity contribution is 0.590. The van der Waals surface area contributed by atoms with Crippen molar-refractivity contribution in [3.63, 3.8) is 0 Å². The van der Waals surface area contributed by atoms with Crippen LogP contribution in [0.3, 0.4) is 0 Å². The maximum Gasteiger partial charge on any atom is 0.213 e.